The fourth-order valence-electron chi connectivity index (χ4n) is 5.98. The Labute approximate surface area is 201 Å². The van der Waals surface area contributed by atoms with E-state index in [4.69, 9.17) is 4.74 Å². The summed E-state index contributed by atoms with van der Waals surface area (Å²) in [5.41, 5.74) is 7.49. The van der Waals surface area contributed by atoms with Crippen molar-refractivity contribution in [3.05, 3.63) is 83.7 Å². The van der Waals surface area contributed by atoms with Crippen LogP contribution < -0.4 is 0 Å². The van der Waals surface area contributed by atoms with Crippen LogP contribution >= 0.6 is 0 Å². The molecule has 1 fully saturated rings. The van der Waals surface area contributed by atoms with Gasteiger partial charge in [-0.15, -0.1) is 0 Å². The number of hydrogen-bond donors (Lipinski definition) is 0. The largest absolute Gasteiger partial charge is 0.448 e. The first-order valence-electron chi connectivity index (χ1n) is 12.5. The van der Waals surface area contributed by atoms with Gasteiger partial charge in [0.25, 0.3) is 0 Å². The lowest BCUT2D eigenvalue weighted by Crippen LogP contribution is -2.51. The number of carbonyl (C=O) groups excluding carboxylic acids is 1. The molecule has 3 aliphatic rings. The van der Waals surface area contributed by atoms with Crippen LogP contribution in [0, 0.1) is 0 Å². The summed E-state index contributed by atoms with van der Waals surface area (Å²) >= 11 is 0. The maximum atomic E-state index is 13.4. The number of amides is 1. The quantitative estimate of drug-likeness (QED) is 0.458. The molecule has 2 unspecified atom stereocenters. The van der Waals surface area contributed by atoms with Gasteiger partial charge in [-0.1, -0.05) is 54.6 Å². The summed E-state index contributed by atoms with van der Waals surface area (Å²) in [7, 11) is 0. The van der Waals surface area contributed by atoms with E-state index in [1.165, 1.54) is 33.4 Å². The van der Waals surface area contributed by atoms with Crippen LogP contribution in [-0.2, 0) is 4.74 Å². The van der Waals surface area contributed by atoms with Crippen LogP contribution in [0.1, 0.15) is 68.2 Å². The maximum absolute atomic E-state index is 13.4. The highest BCUT2D eigenvalue weighted by Crippen LogP contribution is 2.45. The summed E-state index contributed by atoms with van der Waals surface area (Å²) in [5, 5.41) is 4.52. The Morgan fingerprint density at radius 2 is 1.76 bits per heavy atom. The molecule has 1 amide bonds. The van der Waals surface area contributed by atoms with E-state index in [0.29, 0.717) is 12.6 Å². The standard InChI is InChI=1S/C29H31N3O2/c1-19(2)31-17-21(16-30-31)20-14-22-8-7-9-23(15-20)32(22)29(33)34-18-28-26-12-5-3-10-24(26)25-11-4-6-13-27(25)28/h3-6,10-14,16-17,19,22-23,28H,7-9,15,18H2,1-2H3. The van der Waals surface area contributed by atoms with Gasteiger partial charge in [0.2, 0.25) is 0 Å². The topological polar surface area (TPSA) is 47.4 Å². The van der Waals surface area contributed by atoms with Crippen LogP contribution in [0.25, 0.3) is 16.7 Å². The monoisotopic (exact) mass is 453 g/mol. The molecule has 2 atom stereocenters. The minimum absolute atomic E-state index is 0.0916. The third kappa shape index (κ3) is 3.54. The fraction of sp³-hybridized carbons (Fsp3) is 0.379. The first kappa shape index (κ1) is 21.2. The molecule has 0 saturated carbocycles. The van der Waals surface area contributed by atoms with Crippen LogP contribution in [0.4, 0.5) is 4.79 Å². The smallest absolute Gasteiger partial charge is 0.410 e. The molecular formula is C29H31N3O2. The SMILES string of the molecule is CC(C)n1cc(C2=CC3CCCC(C2)N3C(=O)OCC2c3ccccc3-c3ccccc32)cn1. The van der Waals surface area contributed by atoms with Crippen LogP contribution in [0.15, 0.2) is 67.0 Å². The zero-order chi connectivity index (χ0) is 23.2. The highest BCUT2D eigenvalue weighted by atomic mass is 16.6. The first-order valence-corrected chi connectivity index (χ1v) is 12.5. The van der Waals surface area contributed by atoms with Crippen molar-refractivity contribution in [2.75, 3.05) is 6.61 Å². The lowest BCUT2D eigenvalue weighted by Gasteiger charge is -2.44. The molecule has 0 radical (unpaired) electrons. The van der Waals surface area contributed by atoms with Gasteiger partial charge in [0.1, 0.15) is 6.61 Å². The molecule has 3 heterocycles. The molecule has 0 N–H and O–H groups in total. The summed E-state index contributed by atoms with van der Waals surface area (Å²) in [6.45, 7) is 4.65. The Hall–Kier alpha value is -3.34. The van der Waals surface area contributed by atoms with Gasteiger partial charge in [-0.05, 0) is 67.4 Å². The number of benzene rings is 2. The first-order chi connectivity index (χ1) is 16.6. The second kappa shape index (κ2) is 8.46. The molecule has 1 aromatic heterocycles. The average Bonchev–Trinajstić information content (AvgIpc) is 3.46. The number of rotatable bonds is 4. The van der Waals surface area contributed by atoms with E-state index in [-0.39, 0.29) is 24.1 Å². The minimum atomic E-state index is -0.176. The lowest BCUT2D eigenvalue weighted by atomic mass is 9.84. The fourth-order valence-corrected chi connectivity index (χ4v) is 5.98. The van der Waals surface area contributed by atoms with Crippen molar-refractivity contribution in [2.45, 2.75) is 63.6 Å². The summed E-state index contributed by atoms with van der Waals surface area (Å²) < 4.78 is 8.04. The van der Waals surface area contributed by atoms with E-state index in [2.05, 4.69) is 79.7 Å². The molecular weight excluding hydrogens is 422 g/mol. The number of aromatic nitrogens is 2. The van der Waals surface area contributed by atoms with Crippen molar-refractivity contribution >= 4 is 11.7 Å². The second-order valence-electron chi connectivity index (χ2n) is 10.1. The Morgan fingerprint density at radius 1 is 1.06 bits per heavy atom. The van der Waals surface area contributed by atoms with Crippen LogP contribution in [-0.4, -0.2) is 39.5 Å². The molecule has 2 bridgehead atoms. The Bertz CT molecular complexity index is 1210. The van der Waals surface area contributed by atoms with Crippen molar-refractivity contribution in [2.24, 2.45) is 0 Å². The predicted octanol–water partition coefficient (Wildman–Crippen LogP) is 6.42. The van der Waals surface area contributed by atoms with E-state index in [1.807, 2.05) is 15.8 Å². The van der Waals surface area contributed by atoms with E-state index in [9.17, 15) is 4.79 Å². The second-order valence-corrected chi connectivity index (χ2v) is 10.1. The van der Waals surface area contributed by atoms with Crippen molar-refractivity contribution < 1.29 is 9.53 Å². The third-order valence-corrected chi connectivity index (χ3v) is 7.69. The summed E-state index contributed by atoms with van der Waals surface area (Å²) in [4.78, 5) is 15.4. The Balaban J connectivity index is 1.21. The van der Waals surface area contributed by atoms with Gasteiger partial charge in [0.05, 0.1) is 12.2 Å². The average molecular weight is 454 g/mol. The van der Waals surface area contributed by atoms with Crippen LogP contribution in [0.3, 0.4) is 0 Å². The molecule has 1 aliphatic carbocycles. The Kier molecular flexibility index (Phi) is 5.28. The van der Waals surface area contributed by atoms with Crippen molar-refractivity contribution in [3.63, 3.8) is 0 Å². The van der Waals surface area contributed by atoms with Crippen molar-refractivity contribution in [1.82, 2.24) is 14.7 Å². The van der Waals surface area contributed by atoms with E-state index < -0.39 is 0 Å². The normalized spacial score (nSPS) is 21.3. The lowest BCUT2D eigenvalue weighted by molar-refractivity contribution is 0.0539. The van der Waals surface area contributed by atoms with Crippen LogP contribution in [0.5, 0.6) is 0 Å². The summed E-state index contributed by atoms with van der Waals surface area (Å²) in [6, 6.07) is 17.6. The number of carbonyl (C=O) groups is 1. The molecule has 5 heteroatoms. The number of hydrogen-bond acceptors (Lipinski definition) is 3. The zero-order valence-electron chi connectivity index (χ0n) is 19.9. The van der Waals surface area contributed by atoms with E-state index in [1.54, 1.807) is 0 Å². The number of ether oxygens (including phenoxy) is 1. The van der Waals surface area contributed by atoms with E-state index >= 15 is 0 Å². The van der Waals surface area contributed by atoms with Gasteiger partial charge >= 0.3 is 6.09 Å². The highest BCUT2D eigenvalue weighted by molar-refractivity contribution is 5.79. The van der Waals surface area contributed by atoms with Crippen molar-refractivity contribution in [1.29, 1.82) is 0 Å². The van der Waals surface area contributed by atoms with Gasteiger partial charge < -0.3 is 4.74 Å². The predicted molar refractivity (Wildman–Crippen MR) is 134 cm³/mol. The van der Waals surface area contributed by atoms with Crippen LogP contribution in [0.2, 0.25) is 0 Å². The van der Waals surface area contributed by atoms with Gasteiger partial charge in [0.15, 0.2) is 0 Å². The molecule has 2 aromatic carbocycles. The minimum Gasteiger partial charge on any atom is -0.448 e. The Morgan fingerprint density at radius 3 is 2.41 bits per heavy atom. The molecule has 0 spiro atoms. The molecule has 34 heavy (non-hydrogen) atoms. The van der Waals surface area contributed by atoms with E-state index in [0.717, 1.165) is 25.7 Å². The molecule has 6 rings (SSSR count). The third-order valence-electron chi connectivity index (χ3n) is 7.69. The maximum Gasteiger partial charge on any atom is 0.410 e. The van der Waals surface area contributed by atoms with Gasteiger partial charge in [-0.3, -0.25) is 9.58 Å². The van der Waals surface area contributed by atoms with Gasteiger partial charge in [-0.25, -0.2) is 4.79 Å². The molecule has 3 aromatic rings. The zero-order valence-corrected chi connectivity index (χ0v) is 19.9. The van der Waals surface area contributed by atoms with Crippen molar-refractivity contribution in [3.8, 4) is 11.1 Å². The molecule has 2 aliphatic heterocycles. The van der Waals surface area contributed by atoms with Gasteiger partial charge in [0, 0.05) is 29.8 Å². The summed E-state index contributed by atoms with van der Waals surface area (Å²) in [6.07, 6.45) is 10.2. The highest BCUT2D eigenvalue weighted by Gasteiger charge is 2.39. The number of nitrogens with zero attached hydrogens (tertiary/aromatic N) is 3. The van der Waals surface area contributed by atoms with Gasteiger partial charge in [-0.2, -0.15) is 5.10 Å². The molecule has 174 valence electrons. The number of fused-ring (bicyclic) bond motifs is 5. The molecule has 5 nitrogen and oxygen atoms in total. The molecule has 1 saturated heterocycles. The number of piperidine rings is 1. The summed E-state index contributed by atoms with van der Waals surface area (Å²) in [5.74, 6) is 0.0916.